The third-order valence-electron chi connectivity index (χ3n) is 5.34. The summed E-state index contributed by atoms with van der Waals surface area (Å²) >= 11 is 1.25. The first kappa shape index (κ1) is 18.5. The predicted octanol–water partition coefficient (Wildman–Crippen LogP) is 1.63. The number of nitrogens with zero attached hydrogens (tertiary/aromatic N) is 3. The molecule has 0 unspecified atom stereocenters. The first-order chi connectivity index (χ1) is 14.4. The molecule has 3 heterocycles. The van der Waals surface area contributed by atoms with Crippen molar-refractivity contribution in [3.8, 4) is 0 Å². The zero-order valence-corrected chi connectivity index (χ0v) is 17.2. The van der Waals surface area contributed by atoms with Crippen molar-refractivity contribution in [3.63, 3.8) is 0 Å². The van der Waals surface area contributed by atoms with Gasteiger partial charge in [-0.3, -0.25) is 19.0 Å². The van der Waals surface area contributed by atoms with Gasteiger partial charge in [0, 0.05) is 22.5 Å². The third-order valence-corrected chi connectivity index (χ3v) is 6.45. The summed E-state index contributed by atoms with van der Waals surface area (Å²) in [4.78, 5) is 44.4. The number of ketones is 1. The molecule has 0 fully saturated rings. The second kappa shape index (κ2) is 6.77. The molecule has 30 heavy (non-hydrogen) atoms. The monoisotopic (exact) mass is 418 g/mol. The standard InChI is InChI=1S/C22H18N4O3S/c1-12-3-8-17-16(9-12)18(20(28)24-17)19-21(29)26-11-25(10-23-22(26)30-19)15-6-4-14(5-7-15)13(2)27/h3-9H,10-11H2,1-2H3,(H,24,28)/b19-18-. The Labute approximate surface area is 175 Å². The summed E-state index contributed by atoms with van der Waals surface area (Å²) in [5, 5.41) is 2.84. The van der Waals surface area contributed by atoms with Gasteiger partial charge in [-0.25, -0.2) is 4.99 Å². The van der Waals surface area contributed by atoms with E-state index in [0.717, 1.165) is 22.5 Å². The van der Waals surface area contributed by atoms with Gasteiger partial charge in [-0.05, 0) is 50.2 Å². The topological polar surface area (TPSA) is 83.8 Å². The maximum absolute atomic E-state index is 13.2. The van der Waals surface area contributed by atoms with Gasteiger partial charge in [-0.2, -0.15) is 0 Å². The van der Waals surface area contributed by atoms with Crippen molar-refractivity contribution in [1.29, 1.82) is 0 Å². The molecule has 8 heteroatoms. The molecule has 0 bridgehead atoms. The van der Waals surface area contributed by atoms with Crippen LogP contribution in [0, 0.1) is 6.92 Å². The minimum Gasteiger partial charge on any atom is -0.334 e. The molecule has 0 aliphatic carbocycles. The Morgan fingerprint density at radius 3 is 2.63 bits per heavy atom. The zero-order chi connectivity index (χ0) is 21.0. The Hall–Kier alpha value is -3.52. The smallest absolute Gasteiger partial charge is 0.272 e. The highest BCUT2D eigenvalue weighted by atomic mass is 32.1. The van der Waals surface area contributed by atoms with E-state index in [1.165, 1.54) is 18.3 Å². The quantitative estimate of drug-likeness (QED) is 0.641. The molecule has 1 aromatic heterocycles. The van der Waals surface area contributed by atoms with E-state index in [4.69, 9.17) is 0 Å². The van der Waals surface area contributed by atoms with Crippen LogP contribution in [0.2, 0.25) is 0 Å². The number of rotatable bonds is 2. The molecule has 0 radical (unpaired) electrons. The van der Waals surface area contributed by atoms with E-state index in [2.05, 4.69) is 10.3 Å². The number of aromatic nitrogens is 1. The minimum atomic E-state index is -0.261. The van der Waals surface area contributed by atoms with Crippen LogP contribution < -0.4 is 25.1 Å². The van der Waals surface area contributed by atoms with Gasteiger partial charge in [-0.1, -0.05) is 23.0 Å². The van der Waals surface area contributed by atoms with E-state index in [0.29, 0.717) is 33.8 Å². The van der Waals surface area contributed by atoms with Crippen LogP contribution in [0.25, 0.3) is 5.57 Å². The number of carbonyl (C=O) groups excluding carboxylic acids is 2. The van der Waals surface area contributed by atoms with Crippen LogP contribution in [0.5, 0.6) is 0 Å². The van der Waals surface area contributed by atoms with E-state index in [1.807, 2.05) is 42.2 Å². The van der Waals surface area contributed by atoms with Gasteiger partial charge < -0.3 is 10.2 Å². The van der Waals surface area contributed by atoms with Crippen LogP contribution in [0.1, 0.15) is 28.4 Å². The van der Waals surface area contributed by atoms with Gasteiger partial charge in [0.05, 0.1) is 5.57 Å². The molecule has 0 spiro atoms. The lowest BCUT2D eigenvalue weighted by atomic mass is 10.1. The first-order valence-electron chi connectivity index (χ1n) is 9.49. The first-order valence-corrected chi connectivity index (χ1v) is 10.3. The van der Waals surface area contributed by atoms with Gasteiger partial charge in [0.15, 0.2) is 10.6 Å². The largest absolute Gasteiger partial charge is 0.334 e. The molecule has 0 saturated heterocycles. The molecular weight excluding hydrogens is 400 g/mol. The lowest BCUT2D eigenvalue weighted by Gasteiger charge is -2.25. The number of aryl methyl sites for hydroxylation is 1. The van der Waals surface area contributed by atoms with E-state index in [9.17, 15) is 14.4 Å². The van der Waals surface area contributed by atoms with Crippen LogP contribution in [0.4, 0.5) is 11.4 Å². The Kier molecular flexibility index (Phi) is 4.18. The van der Waals surface area contributed by atoms with E-state index in [-0.39, 0.29) is 17.2 Å². The van der Waals surface area contributed by atoms with Crippen molar-refractivity contribution in [2.45, 2.75) is 20.5 Å². The second-order valence-electron chi connectivity index (χ2n) is 7.41. The summed E-state index contributed by atoms with van der Waals surface area (Å²) in [6.07, 6.45) is 0. The summed E-state index contributed by atoms with van der Waals surface area (Å²) in [5.74, 6) is -0.253. The molecular formula is C22H18N4O3S. The van der Waals surface area contributed by atoms with Crippen LogP contribution in [-0.2, 0) is 11.5 Å². The summed E-state index contributed by atoms with van der Waals surface area (Å²) in [6.45, 7) is 4.22. The molecule has 5 rings (SSSR count). The normalized spacial score (nSPS) is 16.6. The SMILES string of the molecule is CC(=O)c1ccc(N2CN=c3s/c(=C4\C(=O)Nc5ccc(C)cc54)c(=O)n3C2)cc1. The fourth-order valence-corrected chi connectivity index (χ4v) is 4.80. The number of benzene rings is 2. The molecule has 7 nitrogen and oxygen atoms in total. The van der Waals surface area contributed by atoms with E-state index >= 15 is 0 Å². The third kappa shape index (κ3) is 2.88. The minimum absolute atomic E-state index is 0.00764. The number of Topliss-reactive ketones (excluding diaryl/α,β-unsaturated/α-hetero) is 1. The van der Waals surface area contributed by atoms with Crippen LogP contribution in [-0.4, -0.2) is 22.9 Å². The van der Waals surface area contributed by atoms with Crippen LogP contribution in [0.3, 0.4) is 0 Å². The number of anilines is 2. The number of fused-ring (bicyclic) bond motifs is 2. The van der Waals surface area contributed by atoms with Crippen molar-refractivity contribution in [2.75, 3.05) is 16.9 Å². The van der Waals surface area contributed by atoms with Crippen molar-refractivity contribution >= 4 is 40.0 Å². The van der Waals surface area contributed by atoms with Crippen molar-refractivity contribution in [3.05, 3.63) is 78.8 Å². The van der Waals surface area contributed by atoms with Gasteiger partial charge in [-0.15, -0.1) is 0 Å². The summed E-state index contributed by atoms with van der Waals surface area (Å²) in [5.41, 5.74) is 4.21. The maximum atomic E-state index is 13.2. The van der Waals surface area contributed by atoms with Crippen molar-refractivity contribution in [1.82, 2.24) is 4.57 Å². The molecule has 2 aliphatic rings. The Morgan fingerprint density at radius 1 is 1.13 bits per heavy atom. The van der Waals surface area contributed by atoms with E-state index < -0.39 is 0 Å². The highest BCUT2D eigenvalue weighted by Crippen LogP contribution is 2.30. The molecule has 0 saturated carbocycles. The maximum Gasteiger partial charge on any atom is 0.272 e. The fourth-order valence-electron chi connectivity index (χ4n) is 3.74. The molecule has 2 aliphatic heterocycles. The average molecular weight is 418 g/mol. The van der Waals surface area contributed by atoms with E-state index in [1.54, 1.807) is 16.7 Å². The predicted molar refractivity (Wildman–Crippen MR) is 115 cm³/mol. The molecule has 0 atom stereocenters. The average Bonchev–Trinajstić information content (AvgIpc) is 3.23. The van der Waals surface area contributed by atoms with Gasteiger partial charge in [0.2, 0.25) is 0 Å². The molecule has 150 valence electrons. The number of amides is 1. The second-order valence-corrected chi connectivity index (χ2v) is 8.39. The van der Waals surface area contributed by atoms with Gasteiger partial charge in [0.25, 0.3) is 11.5 Å². The van der Waals surface area contributed by atoms with Gasteiger partial charge in [0.1, 0.15) is 17.9 Å². The van der Waals surface area contributed by atoms with Crippen molar-refractivity contribution < 1.29 is 9.59 Å². The number of hydrogen-bond acceptors (Lipinski definition) is 6. The summed E-state index contributed by atoms with van der Waals surface area (Å²) in [6, 6.07) is 13.0. The van der Waals surface area contributed by atoms with Crippen LogP contribution >= 0.6 is 11.3 Å². The summed E-state index contributed by atoms with van der Waals surface area (Å²) < 4.78 is 2.00. The Morgan fingerprint density at radius 2 is 1.90 bits per heavy atom. The lowest BCUT2D eigenvalue weighted by Crippen LogP contribution is -2.43. The van der Waals surface area contributed by atoms with Crippen molar-refractivity contribution in [2.24, 2.45) is 4.99 Å². The number of carbonyl (C=O) groups is 2. The number of hydrogen-bond donors (Lipinski definition) is 1. The summed E-state index contributed by atoms with van der Waals surface area (Å²) in [7, 11) is 0. The lowest BCUT2D eigenvalue weighted by molar-refractivity contribution is -0.110. The zero-order valence-electron chi connectivity index (χ0n) is 16.4. The van der Waals surface area contributed by atoms with Crippen LogP contribution in [0.15, 0.2) is 52.3 Å². The van der Waals surface area contributed by atoms with Gasteiger partial charge >= 0.3 is 0 Å². The molecule has 2 aromatic carbocycles. The number of nitrogens with one attached hydrogen (secondary N) is 1. The molecule has 1 N–H and O–H groups in total. The molecule has 1 amide bonds. The number of thiazole rings is 1. The molecule has 3 aromatic rings. The highest BCUT2D eigenvalue weighted by molar-refractivity contribution is 7.07. The fraction of sp³-hybridized carbons (Fsp3) is 0.182. The Balaban J connectivity index is 1.59. The highest BCUT2D eigenvalue weighted by Gasteiger charge is 2.28. The Bertz CT molecular complexity index is 1400.